The number of nitrogens with zero attached hydrogens (tertiary/aromatic N) is 5. The highest BCUT2D eigenvalue weighted by molar-refractivity contribution is 5.92. The van der Waals surface area contributed by atoms with Crippen LogP contribution in [0.4, 0.5) is 0 Å². The molecule has 1 atom stereocenters. The molecule has 0 aliphatic carbocycles. The van der Waals surface area contributed by atoms with E-state index in [0.717, 1.165) is 64.2 Å². The maximum atomic E-state index is 12.5. The van der Waals surface area contributed by atoms with Crippen molar-refractivity contribution in [1.82, 2.24) is 24.8 Å². The van der Waals surface area contributed by atoms with Gasteiger partial charge in [-0.2, -0.15) is 0 Å². The summed E-state index contributed by atoms with van der Waals surface area (Å²) < 4.78 is 7.09. The quantitative estimate of drug-likeness (QED) is 0.753. The second-order valence-corrected chi connectivity index (χ2v) is 7.81. The van der Waals surface area contributed by atoms with Gasteiger partial charge in [-0.3, -0.25) is 9.69 Å². The lowest BCUT2D eigenvalue weighted by Crippen LogP contribution is -2.36. The van der Waals surface area contributed by atoms with Crippen LogP contribution < -0.4 is 4.74 Å². The van der Waals surface area contributed by atoms with Gasteiger partial charge in [-0.1, -0.05) is 29.5 Å². The van der Waals surface area contributed by atoms with Crippen LogP contribution in [-0.2, 0) is 0 Å². The first-order valence-electron chi connectivity index (χ1n) is 10.5. The van der Waals surface area contributed by atoms with Gasteiger partial charge in [0.25, 0.3) is 5.91 Å². The Labute approximate surface area is 171 Å². The Morgan fingerprint density at radius 1 is 1.17 bits per heavy atom. The number of carbonyl (C=O) groups excluding carboxylic acids is 1. The van der Waals surface area contributed by atoms with Gasteiger partial charge in [0, 0.05) is 26.2 Å². The monoisotopic (exact) mass is 395 g/mol. The summed E-state index contributed by atoms with van der Waals surface area (Å²) in [5, 5.41) is 8.43. The fourth-order valence-corrected chi connectivity index (χ4v) is 4.10. The van der Waals surface area contributed by atoms with Gasteiger partial charge in [0.15, 0.2) is 5.69 Å². The van der Waals surface area contributed by atoms with Gasteiger partial charge < -0.3 is 9.64 Å². The molecule has 4 rings (SSSR count). The molecule has 1 aromatic carbocycles. The van der Waals surface area contributed by atoms with Crippen LogP contribution in [-0.4, -0.2) is 70.5 Å². The number of hydrogen-bond acceptors (Lipinski definition) is 5. The number of benzene rings is 1. The normalized spacial score (nSPS) is 20.4. The Bertz CT molecular complexity index is 839. The van der Waals surface area contributed by atoms with Crippen molar-refractivity contribution in [3.8, 4) is 5.75 Å². The third-order valence-corrected chi connectivity index (χ3v) is 5.77. The van der Waals surface area contributed by atoms with Gasteiger partial charge >= 0.3 is 0 Å². The van der Waals surface area contributed by atoms with Crippen molar-refractivity contribution in [2.45, 2.75) is 31.7 Å². The number of carbonyl (C=O) groups is 1. The van der Waals surface area contributed by atoms with E-state index >= 15 is 0 Å². The Hall–Kier alpha value is -2.67. The zero-order chi connectivity index (χ0) is 20.1. The molecule has 2 saturated heterocycles. The molecule has 7 heteroatoms. The number of amides is 1. The number of piperidine rings is 1. The molecular weight excluding hydrogens is 366 g/mol. The van der Waals surface area contributed by atoms with Crippen LogP contribution >= 0.6 is 0 Å². The van der Waals surface area contributed by atoms with E-state index in [0.29, 0.717) is 5.69 Å². The summed E-state index contributed by atoms with van der Waals surface area (Å²) in [7, 11) is 1.68. The van der Waals surface area contributed by atoms with Gasteiger partial charge in [-0.25, -0.2) is 4.68 Å². The minimum Gasteiger partial charge on any atom is -0.497 e. The topological polar surface area (TPSA) is 63.5 Å². The molecule has 2 aliphatic heterocycles. The number of methoxy groups -OCH3 is 1. The number of aromatic nitrogens is 3. The molecule has 3 heterocycles. The molecule has 1 aromatic heterocycles. The smallest absolute Gasteiger partial charge is 0.276 e. The van der Waals surface area contributed by atoms with Crippen molar-refractivity contribution in [3.63, 3.8) is 0 Å². The summed E-state index contributed by atoms with van der Waals surface area (Å²) >= 11 is 0. The van der Waals surface area contributed by atoms with Gasteiger partial charge in [0.2, 0.25) is 0 Å². The zero-order valence-corrected chi connectivity index (χ0v) is 17.0. The van der Waals surface area contributed by atoms with Crippen molar-refractivity contribution in [1.29, 1.82) is 0 Å². The Morgan fingerprint density at radius 3 is 2.72 bits per heavy atom. The highest BCUT2D eigenvalue weighted by atomic mass is 16.5. The fourth-order valence-electron chi connectivity index (χ4n) is 4.10. The zero-order valence-electron chi connectivity index (χ0n) is 17.0. The summed E-state index contributed by atoms with van der Waals surface area (Å²) in [6, 6.07) is 8.33. The van der Waals surface area contributed by atoms with Crippen LogP contribution in [0, 0.1) is 0 Å². The van der Waals surface area contributed by atoms with E-state index in [1.54, 1.807) is 7.11 Å². The predicted octanol–water partition coefficient (Wildman–Crippen LogP) is 2.87. The predicted molar refractivity (Wildman–Crippen MR) is 112 cm³/mol. The second kappa shape index (κ2) is 9.22. The van der Waals surface area contributed by atoms with Crippen LogP contribution in [0.1, 0.15) is 47.8 Å². The molecule has 1 amide bonds. The van der Waals surface area contributed by atoms with Crippen molar-refractivity contribution in [2.75, 3.05) is 39.8 Å². The van der Waals surface area contributed by atoms with E-state index in [2.05, 4.69) is 39.5 Å². The van der Waals surface area contributed by atoms with E-state index < -0.39 is 0 Å². The highest BCUT2D eigenvalue weighted by Gasteiger charge is 2.25. The molecule has 7 nitrogen and oxygen atoms in total. The Balaban J connectivity index is 1.32. The summed E-state index contributed by atoms with van der Waals surface area (Å²) in [4.78, 5) is 16.8. The SMILES string of the molecule is COc1ccc(/C=C/CN2CCC[C@H](n3cc(C(=O)N4CCCC4)nn3)C2)cc1. The molecule has 154 valence electrons. The summed E-state index contributed by atoms with van der Waals surface area (Å²) in [6.07, 6.45) is 10.5. The van der Waals surface area contributed by atoms with Gasteiger partial charge in [-0.15, -0.1) is 5.10 Å². The lowest BCUT2D eigenvalue weighted by atomic mass is 10.1. The lowest BCUT2D eigenvalue weighted by molar-refractivity contribution is 0.0787. The average Bonchev–Trinajstić information content (AvgIpc) is 3.46. The molecule has 0 radical (unpaired) electrons. The van der Waals surface area contributed by atoms with E-state index in [-0.39, 0.29) is 11.9 Å². The van der Waals surface area contributed by atoms with Crippen LogP contribution in [0.2, 0.25) is 0 Å². The maximum absolute atomic E-state index is 12.5. The summed E-state index contributed by atoms with van der Waals surface area (Å²) in [5.41, 5.74) is 1.64. The van der Waals surface area contributed by atoms with Crippen LogP contribution in [0.15, 0.2) is 36.5 Å². The molecule has 2 aliphatic rings. The number of ether oxygens (including phenoxy) is 1. The molecule has 0 unspecified atom stereocenters. The van der Waals surface area contributed by atoms with Crippen molar-refractivity contribution in [3.05, 3.63) is 47.8 Å². The summed E-state index contributed by atoms with van der Waals surface area (Å²) in [6.45, 7) is 4.58. The summed E-state index contributed by atoms with van der Waals surface area (Å²) in [5.74, 6) is 0.889. The van der Waals surface area contributed by atoms with Crippen molar-refractivity contribution in [2.24, 2.45) is 0 Å². The number of likely N-dealkylation sites (tertiary alicyclic amines) is 2. The van der Waals surface area contributed by atoms with E-state index in [1.807, 2.05) is 27.9 Å². The maximum Gasteiger partial charge on any atom is 0.276 e. The molecule has 0 spiro atoms. The van der Waals surface area contributed by atoms with E-state index in [9.17, 15) is 4.79 Å². The standard InChI is InChI=1S/C22H29N5O2/c1-29-20-10-8-18(9-11-20)6-4-12-25-13-5-7-19(16-25)27-17-21(23-24-27)22(28)26-14-2-3-15-26/h4,6,8-11,17,19H,2-3,5,7,12-16H2,1H3/b6-4+/t19-/m0/s1. The van der Waals surface area contributed by atoms with Crippen LogP contribution in [0.25, 0.3) is 6.08 Å². The van der Waals surface area contributed by atoms with E-state index in [1.165, 1.54) is 5.56 Å². The van der Waals surface area contributed by atoms with Crippen molar-refractivity contribution >= 4 is 12.0 Å². The third-order valence-electron chi connectivity index (χ3n) is 5.77. The minimum absolute atomic E-state index is 0.0174. The molecule has 0 saturated carbocycles. The van der Waals surface area contributed by atoms with Crippen molar-refractivity contribution < 1.29 is 9.53 Å². The molecule has 0 bridgehead atoms. The Morgan fingerprint density at radius 2 is 1.97 bits per heavy atom. The average molecular weight is 396 g/mol. The van der Waals surface area contributed by atoms with Gasteiger partial charge in [0.05, 0.1) is 19.3 Å². The molecular formula is C22H29N5O2. The second-order valence-electron chi connectivity index (χ2n) is 7.81. The minimum atomic E-state index is 0.0174. The van der Waals surface area contributed by atoms with E-state index in [4.69, 9.17) is 4.74 Å². The number of rotatable bonds is 6. The number of hydrogen-bond donors (Lipinski definition) is 0. The third kappa shape index (κ3) is 4.85. The Kier molecular flexibility index (Phi) is 6.24. The van der Waals surface area contributed by atoms with Gasteiger partial charge in [-0.05, 0) is 49.9 Å². The fraction of sp³-hybridized carbons (Fsp3) is 0.500. The molecule has 29 heavy (non-hydrogen) atoms. The van der Waals surface area contributed by atoms with Crippen LogP contribution in [0.3, 0.4) is 0 Å². The van der Waals surface area contributed by atoms with Crippen LogP contribution in [0.5, 0.6) is 5.75 Å². The molecule has 0 N–H and O–H groups in total. The highest BCUT2D eigenvalue weighted by Crippen LogP contribution is 2.21. The molecule has 2 aromatic rings. The van der Waals surface area contributed by atoms with Gasteiger partial charge in [0.1, 0.15) is 5.75 Å². The lowest BCUT2D eigenvalue weighted by Gasteiger charge is -2.31. The largest absolute Gasteiger partial charge is 0.497 e. The first-order chi connectivity index (χ1) is 14.2. The first-order valence-corrected chi connectivity index (χ1v) is 10.5. The molecule has 2 fully saturated rings. The first kappa shape index (κ1) is 19.6.